The summed E-state index contributed by atoms with van der Waals surface area (Å²) in [6.45, 7) is 6.59. The van der Waals surface area contributed by atoms with Crippen molar-refractivity contribution in [1.82, 2.24) is 9.88 Å². The van der Waals surface area contributed by atoms with Crippen molar-refractivity contribution in [2.75, 3.05) is 31.1 Å². The lowest BCUT2D eigenvalue weighted by Gasteiger charge is -2.36. The number of rotatable bonds is 3. The van der Waals surface area contributed by atoms with Crippen LogP contribution < -0.4 is 4.90 Å². The zero-order chi connectivity index (χ0) is 19.7. The van der Waals surface area contributed by atoms with Gasteiger partial charge in [-0.05, 0) is 18.1 Å². The Morgan fingerprint density at radius 1 is 1.18 bits per heavy atom. The van der Waals surface area contributed by atoms with Crippen LogP contribution in [0.2, 0.25) is 0 Å². The second kappa shape index (κ2) is 7.35. The fourth-order valence-electron chi connectivity index (χ4n) is 3.77. The van der Waals surface area contributed by atoms with Crippen LogP contribution in [0.15, 0.2) is 47.2 Å². The van der Waals surface area contributed by atoms with E-state index in [4.69, 9.17) is 4.42 Å². The molecule has 0 saturated carbocycles. The molecule has 1 amide bonds. The molecule has 1 aliphatic rings. The number of carbonyl (C=O) groups excluding carboxylic acids is 1. The van der Waals surface area contributed by atoms with E-state index in [1.807, 2.05) is 35.2 Å². The van der Waals surface area contributed by atoms with E-state index in [1.165, 1.54) is 0 Å². The Hall–Kier alpha value is -3.33. The highest BCUT2D eigenvalue weighted by Gasteiger charge is 2.28. The normalized spacial score (nSPS) is 14.5. The summed E-state index contributed by atoms with van der Waals surface area (Å²) in [5, 5.41) is 10.5. The van der Waals surface area contributed by atoms with Crippen LogP contribution in [0.4, 0.5) is 5.69 Å². The molecule has 0 bridgehead atoms. The first kappa shape index (κ1) is 18.1. The van der Waals surface area contributed by atoms with Gasteiger partial charge in [-0.25, -0.2) is 0 Å². The van der Waals surface area contributed by atoms with E-state index >= 15 is 0 Å². The van der Waals surface area contributed by atoms with Gasteiger partial charge in [0.2, 0.25) is 0 Å². The lowest BCUT2D eigenvalue weighted by Crippen LogP contribution is -2.49. The van der Waals surface area contributed by atoms with Gasteiger partial charge in [-0.3, -0.25) is 9.78 Å². The summed E-state index contributed by atoms with van der Waals surface area (Å²) in [5.74, 6) is 0.615. The summed E-state index contributed by atoms with van der Waals surface area (Å²) in [6, 6.07) is 12.0. The van der Waals surface area contributed by atoms with E-state index in [2.05, 4.69) is 29.8 Å². The van der Waals surface area contributed by atoms with Gasteiger partial charge in [0.1, 0.15) is 6.07 Å². The summed E-state index contributed by atoms with van der Waals surface area (Å²) in [6.07, 6.45) is 3.22. The highest BCUT2D eigenvalue weighted by molar-refractivity contribution is 5.95. The molecule has 4 rings (SSSR count). The Labute approximate surface area is 164 Å². The van der Waals surface area contributed by atoms with Crippen molar-refractivity contribution in [3.05, 3.63) is 59.7 Å². The lowest BCUT2D eigenvalue weighted by molar-refractivity contribution is 0.0712. The van der Waals surface area contributed by atoms with Crippen LogP contribution in [-0.4, -0.2) is 42.0 Å². The number of piperazine rings is 1. The summed E-state index contributed by atoms with van der Waals surface area (Å²) in [5.41, 5.74) is 3.28. The van der Waals surface area contributed by atoms with Gasteiger partial charge in [0, 0.05) is 43.3 Å². The molecule has 2 aromatic heterocycles. The highest BCUT2D eigenvalue weighted by atomic mass is 16.3. The Bertz CT molecular complexity index is 1060. The maximum Gasteiger partial charge on any atom is 0.289 e. The fraction of sp³-hybridized carbons (Fsp3) is 0.318. The van der Waals surface area contributed by atoms with Gasteiger partial charge in [-0.1, -0.05) is 32.0 Å². The largest absolute Gasteiger partial charge is 0.459 e. The van der Waals surface area contributed by atoms with Crippen LogP contribution in [0.1, 0.15) is 41.4 Å². The molecule has 3 aromatic rings. The number of fused-ring (bicyclic) bond motifs is 1. The second-order valence-corrected chi connectivity index (χ2v) is 7.29. The molecule has 0 spiro atoms. The van der Waals surface area contributed by atoms with E-state index in [1.54, 1.807) is 12.5 Å². The average Bonchev–Trinajstić information content (AvgIpc) is 3.23. The van der Waals surface area contributed by atoms with Gasteiger partial charge >= 0.3 is 0 Å². The minimum atomic E-state index is -0.0616. The number of aromatic nitrogens is 1. The molecule has 0 aliphatic carbocycles. The number of pyridine rings is 1. The van der Waals surface area contributed by atoms with Crippen molar-refractivity contribution in [2.45, 2.75) is 19.8 Å². The first-order chi connectivity index (χ1) is 13.6. The molecule has 1 saturated heterocycles. The summed E-state index contributed by atoms with van der Waals surface area (Å²) in [7, 11) is 0. The fourth-order valence-corrected chi connectivity index (χ4v) is 3.77. The minimum Gasteiger partial charge on any atom is -0.459 e. The highest BCUT2D eigenvalue weighted by Crippen LogP contribution is 2.30. The quantitative estimate of drug-likeness (QED) is 0.697. The van der Waals surface area contributed by atoms with Crippen LogP contribution in [0.3, 0.4) is 0 Å². The predicted molar refractivity (Wildman–Crippen MR) is 107 cm³/mol. The smallest absolute Gasteiger partial charge is 0.289 e. The third kappa shape index (κ3) is 3.09. The number of furan rings is 1. The maximum absolute atomic E-state index is 12.9. The summed E-state index contributed by atoms with van der Waals surface area (Å²) in [4.78, 5) is 21.3. The summed E-state index contributed by atoms with van der Waals surface area (Å²) < 4.78 is 5.49. The van der Waals surface area contributed by atoms with E-state index in [0.29, 0.717) is 37.5 Å². The second-order valence-electron chi connectivity index (χ2n) is 7.29. The number of nitriles is 1. The van der Waals surface area contributed by atoms with Crippen molar-refractivity contribution in [3.8, 4) is 6.07 Å². The van der Waals surface area contributed by atoms with Gasteiger partial charge in [0.05, 0.1) is 23.0 Å². The number of para-hydroxylation sites is 1. The molecular weight excluding hydrogens is 352 g/mol. The molecule has 1 aliphatic heterocycles. The van der Waals surface area contributed by atoms with Gasteiger partial charge in [-0.15, -0.1) is 0 Å². The van der Waals surface area contributed by atoms with E-state index < -0.39 is 0 Å². The molecule has 3 heterocycles. The monoisotopic (exact) mass is 374 g/mol. The third-order valence-corrected chi connectivity index (χ3v) is 5.26. The zero-order valence-corrected chi connectivity index (χ0v) is 16.1. The van der Waals surface area contributed by atoms with Gasteiger partial charge in [0.25, 0.3) is 5.91 Å². The SMILES string of the molecule is CC(C)c1ccoc1C(=O)N1CCN(c2c(C#N)cnc3ccccc23)CC1. The minimum absolute atomic E-state index is 0.0616. The number of nitrogens with zero attached hydrogens (tertiary/aromatic N) is 4. The van der Waals surface area contributed by atoms with Crippen molar-refractivity contribution < 1.29 is 9.21 Å². The molecule has 1 aromatic carbocycles. The molecular formula is C22H22N4O2. The van der Waals surface area contributed by atoms with Gasteiger partial charge in [0.15, 0.2) is 5.76 Å². The van der Waals surface area contributed by atoms with E-state index in [0.717, 1.165) is 22.2 Å². The van der Waals surface area contributed by atoms with Crippen molar-refractivity contribution in [1.29, 1.82) is 5.26 Å². The van der Waals surface area contributed by atoms with E-state index in [9.17, 15) is 10.1 Å². The molecule has 6 heteroatoms. The number of hydrogen-bond acceptors (Lipinski definition) is 5. The molecule has 0 atom stereocenters. The molecule has 6 nitrogen and oxygen atoms in total. The molecule has 0 unspecified atom stereocenters. The summed E-state index contributed by atoms with van der Waals surface area (Å²) >= 11 is 0. The first-order valence-corrected chi connectivity index (χ1v) is 9.49. The average molecular weight is 374 g/mol. The zero-order valence-electron chi connectivity index (χ0n) is 16.1. The number of hydrogen-bond donors (Lipinski definition) is 0. The molecule has 0 radical (unpaired) electrons. The Balaban J connectivity index is 1.57. The van der Waals surface area contributed by atoms with Crippen molar-refractivity contribution >= 4 is 22.5 Å². The van der Waals surface area contributed by atoms with Crippen LogP contribution >= 0.6 is 0 Å². The van der Waals surface area contributed by atoms with Gasteiger partial charge < -0.3 is 14.2 Å². The number of amides is 1. The number of anilines is 1. The maximum atomic E-state index is 12.9. The Morgan fingerprint density at radius 2 is 1.93 bits per heavy atom. The molecule has 142 valence electrons. The van der Waals surface area contributed by atoms with Crippen LogP contribution in [0.5, 0.6) is 0 Å². The number of benzene rings is 1. The Morgan fingerprint density at radius 3 is 2.64 bits per heavy atom. The first-order valence-electron chi connectivity index (χ1n) is 9.49. The van der Waals surface area contributed by atoms with Crippen LogP contribution in [-0.2, 0) is 0 Å². The number of carbonyl (C=O) groups is 1. The molecule has 1 fully saturated rings. The van der Waals surface area contributed by atoms with Crippen molar-refractivity contribution in [2.24, 2.45) is 0 Å². The Kier molecular flexibility index (Phi) is 4.74. The van der Waals surface area contributed by atoms with Crippen LogP contribution in [0, 0.1) is 11.3 Å². The predicted octanol–water partition coefficient (Wildman–Crippen LogP) is 3.79. The lowest BCUT2D eigenvalue weighted by atomic mass is 10.0. The van der Waals surface area contributed by atoms with Gasteiger partial charge in [-0.2, -0.15) is 5.26 Å². The van der Waals surface area contributed by atoms with E-state index in [-0.39, 0.29) is 11.8 Å². The standard InChI is InChI=1S/C22H22N4O2/c1-15(2)17-7-12-28-21(17)22(27)26-10-8-25(9-11-26)20-16(13-23)14-24-19-6-4-3-5-18(19)20/h3-7,12,14-15H,8-11H2,1-2H3. The van der Waals surface area contributed by atoms with Crippen molar-refractivity contribution in [3.63, 3.8) is 0 Å². The molecule has 28 heavy (non-hydrogen) atoms. The third-order valence-electron chi connectivity index (χ3n) is 5.26. The van der Waals surface area contributed by atoms with Crippen LogP contribution in [0.25, 0.3) is 10.9 Å². The molecule has 0 N–H and O–H groups in total. The topological polar surface area (TPSA) is 73.4 Å².